The van der Waals surface area contributed by atoms with Crippen LogP contribution in [0.4, 0.5) is 0 Å². The van der Waals surface area contributed by atoms with Gasteiger partial charge in [-0.1, -0.05) is 51.4 Å². The van der Waals surface area contributed by atoms with Gasteiger partial charge in [0.05, 0.1) is 18.8 Å². The summed E-state index contributed by atoms with van der Waals surface area (Å²) in [7, 11) is 0. The Morgan fingerprint density at radius 1 is 0.750 bits per heavy atom. The molecule has 0 aromatic heterocycles. The van der Waals surface area contributed by atoms with Gasteiger partial charge in [0.1, 0.15) is 36.6 Å². The highest BCUT2D eigenvalue weighted by Crippen LogP contribution is 2.23. The van der Waals surface area contributed by atoms with Crippen LogP contribution in [0.2, 0.25) is 0 Å². The van der Waals surface area contributed by atoms with Crippen LogP contribution in [0, 0.1) is 0 Å². The summed E-state index contributed by atoms with van der Waals surface area (Å²) in [5.74, 6) is -1.19. The van der Waals surface area contributed by atoms with Crippen molar-refractivity contribution in [1.82, 2.24) is 0 Å². The summed E-state index contributed by atoms with van der Waals surface area (Å²) >= 11 is 0. The molecule has 2 aliphatic rings. The third-order valence-corrected chi connectivity index (χ3v) is 7.55. The van der Waals surface area contributed by atoms with Gasteiger partial charge in [0.25, 0.3) is 0 Å². The fourth-order valence-electron chi connectivity index (χ4n) is 4.88. The van der Waals surface area contributed by atoms with Crippen molar-refractivity contribution in [1.29, 1.82) is 0 Å². The number of ether oxygens (including phenoxy) is 4. The largest absolute Gasteiger partial charge is 0.479 e. The number of aliphatic hydroxyl groups excluding tert-OH is 7. The van der Waals surface area contributed by atoms with E-state index in [-0.39, 0.29) is 19.1 Å². The number of hydrogen-bond donors (Lipinski definition) is 8. The molecule has 2 fully saturated rings. The third-order valence-electron chi connectivity index (χ3n) is 7.55. The molecule has 13 heteroatoms. The zero-order valence-corrected chi connectivity index (χ0v) is 23.4. The number of rotatable bonds is 19. The lowest BCUT2D eigenvalue weighted by Crippen LogP contribution is -2.57. The Hall–Kier alpha value is -0.970. The molecule has 0 aromatic carbocycles. The van der Waals surface area contributed by atoms with Crippen LogP contribution in [0.5, 0.6) is 0 Å². The number of carboxylic acids is 1. The van der Waals surface area contributed by atoms with Crippen molar-refractivity contribution in [2.75, 3.05) is 13.2 Å². The van der Waals surface area contributed by atoms with Crippen LogP contribution in [0.3, 0.4) is 0 Å². The first kappa shape index (κ1) is 35.2. The van der Waals surface area contributed by atoms with Crippen LogP contribution in [-0.2, 0) is 23.7 Å². The highest BCUT2D eigenvalue weighted by Gasteiger charge is 2.42. The number of carbonyl (C=O) groups is 1. The lowest BCUT2D eigenvalue weighted by atomic mass is 10.00. The fraction of sp³-hybridized carbons (Fsp3) is 0.963. The van der Waals surface area contributed by atoms with Gasteiger partial charge in [0.2, 0.25) is 0 Å². The van der Waals surface area contributed by atoms with Gasteiger partial charge in [0.15, 0.2) is 18.7 Å². The zero-order chi connectivity index (χ0) is 29.7. The Labute approximate surface area is 235 Å². The number of unbranched alkanes of at least 4 members (excludes halogenated alkanes) is 7. The summed E-state index contributed by atoms with van der Waals surface area (Å²) in [6.45, 7) is 1.73. The molecular weight excluding hydrogens is 532 g/mol. The zero-order valence-electron chi connectivity index (χ0n) is 23.4. The molecule has 8 N–H and O–H groups in total. The first-order valence-electron chi connectivity index (χ1n) is 14.6. The van der Waals surface area contributed by atoms with Crippen LogP contribution < -0.4 is 0 Å². The molecule has 2 aliphatic heterocycles. The number of hydrogen-bond acceptors (Lipinski definition) is 12. The summed E-state index contributed by atoms with van der Waals surface area (Å²) in [6, 6.07) is 0. The van der Waals surface area contributed by atoms with E-state index in [0.717, 1.165) is 57.8 Å². The molecule has 40 heavy (non-hydrogen) atoms. The van der Waals surface area contributed by atoms with Gasteiger partial charge in [-0.05, 0) is 32.6 Å². The Kier molecular flexibility index (Phi) is 16.3. The van der Waals surface area contributed by atoms with Gasteiger partial charge >= 0.3 is 5.97 Å². The molecule has 0 saturated carbocycles. The van der Waals surface area contributed by atoms with Crippen molar-refractivity contribution in [3.05, 3.63) is 0 Å². The van der Waals surface area contributed by atoms with E-state index in [1.807, 2.05) is 0 Å². The van der Waals surface area contributed by atoms with Gasteiger partial charge in [-0.2, -0.15) is 0 Å². The highest BCUT2D eigenvalue weighted by atomic mass is 16.7. The summed E-state index contributed by atoms with van der Waals surface area (Å²) in [6.07, 6.45) is -3.25. The first-order chi connectivity index (χ1) is 19.0. The van der Waals surface area contributed by atoms with E-state index in [1.165, 1.54) is 0 Å². The normalized spacial score (nSPS) is 34.5. The van der Waals surface area contributed by atoms with E-state index in [9.17, 15) is 45.6 Å². The number of aliphatic hydroxyl groups is 7. The van der Waals surface area contributed by atoms with Gasteiger partial charge in [-0.15, -0.1) is 0 Å². The summed E-state index contributed by atoms with van der Waals surface area (Å²) in [5, 5.41) is 78.2. The molecule has 0 amide bonds. The molecule has 0 bridgehead atoms. The SMILES string of the molecule is C[C@@H]1O[C@@H](OCCCCCCCC(O)CCCCCCC(O[C@@H]2OC[C@@H](O)[C@H](O)[C@H]2O)C(=O)O)[C@H](O)[C@H](O)[C@H]1O. The molecule has 0 spiro atoms. The Balaban J connectivity index is 1.44. The van der Waals surface area contributed by atoms with Crippen LogP contribution in [-0.4, -0.2) is 128 Å². The molecule has 2 rings (SSSR count). The number of aliphatic carboxylic acids is 1. The van der Waals surface area contributed by atoms with Gasteiger partial charge in [-0.3, -0.25) is 0 Å². The maximum absolute atomic E-state index is 11.5. The van der Waals surface area contributed by atoms with Crippen LogP contribution >= 0.6 is 0 Å². The van der Waals surface area contributed by atoms with Crippen LogP contribution in [0.15, 0.2) is 0 Å². The average Bonchev–Trinajstić information content (AvgIpc) is 2.92. The lowest BCUT2D eigenvalue weighted by Gasteiger charge is -2.38. The average molecular weight is 583 g/mol. The molecule has 11 atom stereocenters. The topological polar surface area (TPSA) is 216 Å². The van der Waals surface area contributed by atoms with Crippen molar-refractivity contribution < 1.29 is 64.6 Å². The third kappa shape index (κ3) is 11.7. The Bertz CT molecular complexity index is 697. The van der Waals surface area contributed by atoms with Crippen molar-refractivity contribution in [2.45, 2.75) is 151 Å². The maximum Gasteiger partial charge on any atom is 0.332 e. The van der Waals surface area contributed by atoms with E-state index in [1.54, 1.807) is 6.92 Å². The standard InChI is InChI=1S/C27H50O13/c1-16-20(30)22(32)24(34)26(39-16)37-14-10-6-2-3-7-11-17(28)12-8-4-5-9-13-19(25(35)36)40-27-23(33)21(31)18(29)15-38-27/h16-24,26-34H,2-15H2,1H3,(H,35,36)/t16-,17?,18+,19?,20-,21-,22+,23+,24+,26+,27-/m0/s1. The van der Waals surface area contributed by atoms with E-state index in [2.05, 4.69) is 0 Å². The Morgan fingerprint density at radius 3 is 1.93 bits per heavy atom. The van der Waals surface area contributed by atoms with Crippen molar-refractivity contribution >= 4 is 5.97 Å². The summed E-state index contributed by atoms with van der Waals surface area (Å²) in [4.78, 5) is 11.5. The summed E-state index contributed by atoms with van der Waals surface area (Å²) < 4.78 is 21.4. The molecule has 0 aliphatic carbocycles. The molecule has 236 valence electrons. The monoisotopic (exact) mass is 582 g/mol. The van der Waals surface area contributed by atoms with Crippen molar-refractivity contribution in [3.63, 3.8) is 0 Å². The molecule has 0 radical (unpaired) electrons. The molecule has 2 unspecified atom stereocenters. The fourth-order valence-corrected chi connectivity index (χ4v) is 4.88. The quantitative estimate of drug-likeness (QED) is 0.0926. The van der Waals surface area contributed by atoms with E-state index in [4.69, 9.17) is 18.9 Å². The second-order valence-electron chi connectivity index (χ2n) is 11.0. The van der Waals surface area contributed by atoms with Crippen molar-refractivity contribution in [3.8, 4) is 0 Å². The van der Waals surface area contributed by atoms with E-state index in [0.29, 0.717) is 19.4 Å². The van der Waals surface area contributed by atoms with E-state index < -0.39 is 67.4 Å². The van der Waals surface area contributed by atoms with Crippen molar-refractivity contribution in [2.24, 2.45) is 0 Å². The highest BCUT2D eigenvalue weighted by molar-refractivity contribution is 5.72. The summed E-state index contributed by atoms with van der Waals surface area (Å²) in [5.41, 5.74) is 0. The second-order valence-corrected chi connectivity index (χ2v) is 11.0. The predicted molar refractivity (Wildman–Crippen MR) is 140 cm³/mol. The van der Waals surface area contributed by atoms with Gasteiger partial charge < -0.3 is 59.8 Å². The molecule has 13 nitrogen and oxygen atoms in total. The predicted octanol–water partition coefficient (Wildman–Crippen LogP) is -0.219. The molecular formula is C27H50O13. The van der Waals surface area contributed by atoms with Crippen LogP contribution in [0.25, 0.3) is 0 Å². The molecule has 0 aromatic rings. The Morgan fingerprint density at radius 2 is 1.30 bits per heavy atom. The molecule has 2 heterocycles. The van der Waals surface area contributed by atoms with Crippen LogP contribution in [0.1, 0.15) is 84.0 Å². The molecule has 2 saturated heterocycles. The minimum atomic E-state index is -1.53. The lowest BCUT2D eigenvalue weighted by molar-refractivity contribution is -0.293. The second kappa shape index (κ2) is 18.5. The van der Waals surface area contributed by atoms with Gasteiger partial charge in [0, 0.05) is 6.61 Å². The van der Waals surface area contributed by atoms with Gasteiger partial charge in [-0.25, -0.2) is 4.79 Å². The minimum absolute atomic E-state index is 0.215. The smallest absolute Gasteiger partial charge is 0.332 e. The maximum atomic E-state index is 11.5. The number of carboxylic acid groups (broad SMARTS) is 1. The van der Waals surface area contributed by atoms with E-state index >= 15 is 0 Å². The minimum Gasteiger partial charge on any atom is -0.479 e. The first-order valence-corrected chi connectivity index (χ1v) is 14.6.